The Kier molecular flexibility index (Phi) is 3.12. The lowest BCUT2D eigenvalue weighted by Gasteiger charge is -2.15. The van der Waals surface area contributed by atoms with Gasteiger partial charge in [0.2, 0.25) is 0 Å². The molecule has 0 bridgehead atoms. The molecule has 1 aromatic heterocycles. The first-order chi connectivity index (χ1) is 7.61. The van der Waals surface area contributed by atoms with Gasteiger partial charge < -0.3 is 10.1 Å². The summed E-state index contributed by atoms with van der Waals surface area (Å²) in [6.45, 7) is 6.44. The summed E-state index contributed by atoms with van der Waals surface area (Å²) in [6.07, 6.45) is 1.53. The Hall–Kier alpha value is -1.13. The highest BCUT2D eigenvalue weighted by atomic mass is 16.3. The van der Waals surface area contributed by atoms with E-state index in [1.54, 1.807) is 0 Å². The van der Waals surface area contributed by atoms with Gasteiger partial charge in [-0.3, -0.25) is 9.69 Å². The van der Waals surface area contributed by atoms with E-state index >= 15 is 0 Å². The molecular weight excluding hydrogens is 204 g/mol. The number of likely N-dealkylation sites (tertiary alicyclic amines) is 1. The molecule has 0 spiro atoms. The number of rotatable bonds is 3. The average Bonchev–Trinajstić information content (AvgIpc) is 2.77. The number of carbonyl (C=O) groups is 1. The number of β-amino-alcohol motifs (C(OH)–C–C–N with tert-alkyl or cyclic N) is 1. The van der Waals surface area contributed by atoms with Crippen molar-refractivity contribution in [1.29, 1.82) is 0 Å². The number of aldehydes is 1. The summed E-state index contributed by atoms with van der Waals surface area (Å²) < 4.78 is 0. The molecule has 4 nitrogen and oxygen atoms in total. The number of aromatic nitrogens is 1. The van der Waals surface area contributed by atoms with Crippen LogP contribution in [0.15, 0.2) is 0 Å². The predicted molar refractivity (Wildman–Crippen MR) is 61.6 cm³/mol. The first-order valence-corrected chi connectivity index (χ1v) is 5.65. The minimum Gasteiger partial charge on any atom is -0.392 e. The van der Waals surface area contributed by atoms with Crippen LogP contribution in [0, 0.1) is 13.8 Å². The molecule has 0 radical (unpaired) electrons. The van der Waals surface area contributed by atoms with Crippen molar-refractivity contribution in [3.63, 3.8) is 0 Å². The van der Waals surface area contributed by atoms with Crippen molar-refractivity contribution >= 4 is 6.29 Å². The van der Waals surface area contributed by atoms with Gasteiger partial charge in [-0.25, -0.2) is 0 Å². The quantitative estimate of drug-likeness (QED) is 0.750. The SMILES string of the molecule is Cc1[nH]c(C=O)c(C)c1CN1CCC(O)C1. The number of aryl methyl sites for hydroxylation is 1. The van der Waals surface area contributed by atoms with Crippen LogP contribution < -0.4 is 0 Å². The Morgan fingerprint density at radius 2 is 2.31 bits per heavy atom. The van der Waals surface area contributed by atoms with Crippen molar-refractivity contribution in [2.24, 2.45) is 0 Å². The van der Waals surface area contributed by atoms with E-state index in [0.717, 1.165) is 43.6 Å². The molecule has 2 rings (SSSR count). The number of aliphatic hydroxyl groups is 1. The van der Waals surface area contributed by atoms with Crippen LogP contribution in [0.3, 0.4) is 0 Å². The lowest BCUT2D eigenvalue weighted by atomic mass is 10.1. The normalized spacial score (nSPS) is 21.6. The zero-order chi connectivity index (χ0) is 11.7. The average molecular weight is 222 g/mol. The third-order valence-electron chi connectivity index (χ3n) is 3.38. The summed E-state index contributed by atoms with van der Waals surface area (Å²) >= 11 is 0. The minimum atomic E-state index is -0.190. The smallest absolute Gasteiger partial charge is 0.166 e. The van der Waals surface area contributed by atoms with E-state index in [0.29, 0.717) is 5.69 Å². The second-order valence-corrected chi connectivity index (χ2v) is 4.56. The summed E-state index contributed by atoms with van der Waals surface area (Å²) in [5, 5.41) is 9.46. The number of nitrogens with zero attached hydrogens (tertiary/aromatic N) is 1. The molecule has 88 valence electrons. The molecule has 2 N–H and O–H groups in total. The van der Waals surface area contributed by atoms with Crippen LogP contribution in [0.1, 0.15) is 33.7 Å². The summed E-state index contributed by atoms with van der Waals surface area (Å²) in [7, 11) is 0. The number of hydrogen-bond donors (Lipinski definition) is 2. The second kappa shape index (κ2) is 4.39. The second-order valence-electron chi connectivity index (χ2n) is 4.56. The van der Waals surface area contributed by atoms with Crippen LogP contribution in [0.4, 0.5) is 0 Å². The van der Waals surface area contributed by atoms with E-state index in [1.165, 1.54) is 5.56 Å². The van der Waals surface area contributed by atoms with Crippen molar-refractivity contribution in [2.75, 3.05) is 13.1 Å². The first-order valence-electron chi connectivity index (χ1n) is 5.65. The minimum absolute atomic E-state index is 0.190. The van der Waals surface area contributed by atoms with Crippen molar-refractivity contribution < 1.29 is 9.90 Å². The maximum Gasteiger partial charge on any atom is 0.166 e. The fraction of sp³-hybridized carbons (Fsp3) is 0.583. The molecule has 0 aromatic carbocycles. The molecule has 2 heterocycles. The zero-order valence-electron chi connectivity index (χ0n) is 9.79. The highest BCUT2D eigenvalue weighted by Gasteiger charge is 2.22. The van der Waals surface area contributed by atoms with E-state index in [1.807, 2.05) is 13.8 Å². The lowest BCUT2D eigenvalue weighted by molar-refractivity contribution is 0.111. The molecule has 1 unspecified atom stereocenters. The fourth-order valence-electron chi connectivity index (χ4n) is 2.35. The maximum atomic E-state index is 10.8. The molecule has 0 amide bonds. The molecule has 1 fully saturated rings. The Bertz CT molecular complexity index is 398. The van der Waals surface area contributed by atoms with Gasteiger partial charge in [-0.15, -0.1) is 0 Å². The third kappa shape index (κ3) is 2.03. The van der Waals surface area contributed by atoms with E-state index in [4.69, 9.17) is 0 Å². The molecule has 1 aliphatic rings. The molecule has 1 aliphatic heterocycles. The monoisotopic (exact) mass is 222 g/mol. The van der Waals surface area contributed by atoms with E-state index in [9.17, 15) is 9.90 Å². The summed E-state index contributed by atoms with van der Waals surface area (Å²) in [5.74, 6) is 0. The standard InChI is InChI=1S/C12H18N2O2/c1-8-11(9(2)13-12(8)7-15)6-14-4-3-10(16)5-14/h7,10,13,16H,3-6H2,1-2H3. The van der Waals surface area contributed by atoms with Crippen LogP contribution in [0.2, 0.25) is 0 Å². The Morgan fingerprint density at radius 1 is 1.56 bits per heavy atom. The molecule has 1 aromatic rings. The van der Waals surface area contributed by atoms with Gasteiger partial charge in [-0.1, -0.05) is 0 Å². The molecular formula is C12H18N2O2. The summed E-state index contributed by atoms with van der Waals surface area (Å²) in [6, 6.07) is 0. The van der Waals surface area contributed by atoms with Crippen molar-refractivity contribution in [2.45, 2.75) is 32.9 Å². The van der Waals surface area contributed by atoms with Crippen LogP contribution >= 0.6 is 0 Å². The fourth-order valence-corrected chi connectivity index (χ4v) is 2.35. The lowest BCUT2D eigenvalue weighted by Crippen LogP contribution is -2.22. The number of nitrogens with one attached hydrogen (secondary N) is 1. The predicted octanol–water partition coefficient (Wildman–Crippen LogP) is 1.01. The van der Waals surface area contributed by atoms with Crippen LogP contribution in [0.5, 0.6) is 0 Å². The Morgan fingerprint density at radius 3 is 2.81 bits per heavy atom. The first kappa shape index (κ1) is 11.4. The molecule has 1 saturated heterocycles. The van der Waals surface area contributed by atoms with Gasteiger partial charge in [-0.05, 0) is 31.4 Å². The van der Waals surface area contributed by atoms with Gasteiger partial charge in [0.15, 0.2) is 6.29 Å². The largest absolute Gasteiger partial charge is 0.392 e. The van der Waals surface area contributed by atoms with Gasteiger partial charge >= 0.3 is 0 Å². The van der Waals surface area contributed by atoms with Gasteiger partial charge in [-0.2, -0.15) is 0 Å². The third-order valence-corrected chi connectivity index (χ3v) is 3.38. The van der Waals surface area contributed by atoms with Gasteiger partial charge in [0, 0.05) is 25.3 Å². The van der Waals surface area contributed by atoms with Crippen LogP contribution in [0.25, 0.3) is 0 Å². The highest BCUT2D eigenvalue weighted by Crippen LogP contribution is 2.21. The topological polar surface area (TPSA) is 56.3 Å². The van der Waals surface area contributed by atoms with Gasteiger partial charge in [0.1, 0.15) is 0 Å². The number of aliphatic hydroxyl groups excluding tert-OH is 1. The molecule has 4 heteroatoms. The highest BCUT2D eigenvalue weighted by molar-refractivity contribution is 5.75. The van der Waals surface area contributed by atoms with Crippen molar-refractivity contribution in [3.05, 3.63) is 22.5 Å². The van der Waals surface area contributed by atoms with E-state index in [2.05, 4.69) is 9.88 Å². The van der Waals surface area contributed by atoms with Gasteiger partial charge in [0.05, 0.1) is 11.8 Å². The Labute approximate surface area is 95.3 Å². The van der Waals surface area contributed by atoms with E-state index < -0.39 is 0 Å². The molecule has 0 saturated carbocycles. The zero-order valence-corrected chi connectivity index (χ0v) is 9.79. The Balaban J connectivity index is 2.15. The summed E-state index contributed by atoms with van der Waals surface area (Å²) in [5.41, 5.74) is 3.96. The molecule has 1 atom stereocenters. The molecule has 16 heavy (non-hydrogen) atoms. The summed E-state index contributed by atoms with van der Waals surface area (Å²) in [4.78, 5) is 16.1. The molecule has 0 aliphatic carbocycles. The van der Waals surface area contributed by atoms with Crippen LogP contribution in [-0.4, -0.2) is 40.5 Å². The van der Waals surface area contributed by atoms with E-state index in [-0.39, 0.29) is 6.10 Å². The number of carbonyl (C=O) groups excluding carboxylic acids is 1. The van der Waals surface area contributed by atoms with Crippen LogP contribution in [-0.2, 0) is 6.54 Å². The number of H-pyrrole nitrogens is 1. The van der Waals surface area contributed by atoms with Crippen molar-refractivity contribution in [3.8, 4) is 0 Å². The maximum absolute atomic E-state index is 10.8. The van der Waals surface area contributed by atoms with Crippen molar-refractivity contribution in [1.82, 2.24) is 9.88 Å². The number of hydrogen-bond acceptors (Lipinski definition) is 3. The van der Waals surface area contributed by atoms with Gasteiger partial charge in [0.25, 0.3) is 0 Å². The number of aromatic amines is 1.